The van der Waals surface area contributed by atoms with Gasteiger partial charge in [-0.1, -0.05) is 12.1 Å². The molecule has 15 heavy (non-hydrogen) atoms. The van der Waals surface area contributed by atoms with E-state index in [2.05, 4.69) is 10.2 Å². The molecule has 76 valence electrons. The van der Waals surface area contributed by atoms with Crippen molar-refractivity contribution in [3.63, 3.8) is 0 Å². The molecule has 0 spiro atoms. The van der Waals surface area contributed by atoms with Crippen LogP contribution in [0.15, 0.2) is 34.5 Å². The van der Waals surface area contributed by atoms with E-state index in [9.17, 15) is 5.11 Å². The number of rotatable bonds is 1. The van der Waals surface area contributed by atoms with Crippen molar-refractivity contribution in [2.45, 2.75) is 19.3 Å². The van der Waals surface area contributed by atoms with Crippen molar-refractivity contribution in [1.82, 2.24) is 0 Å². The van der Waals surface area contributed by atoms with Gasteiger partial charge < -0.3 is 5.11 Å². The van der Waals surface area contributed by atoms with Gasteiger partial charge in [-0.05, 0) is 31.0 Å². The predicted molar refractivity (Wildman–Crippen MR) is 62.6 cm³/mol. The van der Waals surface area contributed by atoms with Gasteiger partial charge in [0, 0.05) is 11.5 Å². The molecule has 3 nitrogen and oxygen atoms in total. The number of aryl methyl sites for hydroxylation is 1. The van der Waals surface area contributed by atoms with Crippen molar-refractivity contribution in [1.29, 1.82) is 0 Å². The van der Waals surface area contributed by atoms with E-state index in [1.807, 2.05) is 33.0 Å². The number of hydrogen-bond donors (Lipinski definition) is 1. The van der Waals surface area contributed by atoms with Crippen LogP contribution in [0.4, 0.5) is 0 Å². The summed E-state index contributed by atoms with van der Waals surface area (Å²) in [6.45, 7) is 1.95. The normalized spacial score (nSPS) is 20.1. The van der Waals surface area contributed by atoms with Gasteiger partial charge in [0.05, 0.1) is 5.70 Å². The molecule has 0 radical (unpaired) electrons. The third-order valence-electron chi connectivity index (χ3n) is 2.44. The van der Waals surface area contributed by atoms with Crippen molar-refractivity contribution in [3.05, 3.63) is 35.4 Å². The van der Waals surface area contributed by atoms with E-state index in [0.717, 1.165) is 23.2 Å². The molecule has 0 saturated carbocycles. The molecule has 1 heterocycles. The third-order valence-corrected chi connectivity index (χ3v) is 2.44. The first kappa shape index (κ1) is 9.96. The average Bonchev–Trinajstić information content (AvgIpc) is 2.20. The van der Waals surface area contributed by atoms with Crippen molar-refractivity contribution in [2.75, 3.05) is 0 Å². The topological polar surface area (TPSA) is 45.0 Å². The summed E-state index contributed by atoms with van der Waals surface area (Å²) in [7, 11) is 2.02. The number of aromatic hydroxyl groups is 1. The maximum absolute atomic E-state index is 9.77. The molecule has 1 aliphatic rings. The highest BCUT2D eigenvalue weighted by Crippen LogP contribution is 2.29. The van der Waals surface area contributed by atoms with Crippen LogP contribution in [0.2, 0.25) is 0 Å². The van der Waals surface area contributed by atoms with Crippen molar-refractivity contribution < 1.29 is 5.11 Å². The fraction of sp³-hybridized carbons (Fsp3) is 0.273. The maximum Gasteiger partial charge on any atom is 0.136 e. The Kier molecular flexibility index (Phi) is 2.58. The fourth-order valence-electron chi connectivity index (χ4n) is 1.55. The monoisotopic (exact) mass is 200 g/mol. The lowest BCUT2D eigenvalue weighted by Gasteiger charge is -2.11. The summed E-state index contributed by atoms with van der Waals surface area (Å²) in [6.07, 6.45) is 2.90. The number of phenols is 1. The van der Waals surface area contributed by atoms with Crippen molar-refractivity contribution in [3.8, 4) is 5.75 Å². The highest BCUT2D eigenvalue weighted by atomic mass is 16.3. The number of benzene rings is 1. The minimum absolute atomic E-state index is 0.251. The van der Waals surface area contributed by atoms with Crippen LogP contribution in [-0.4, -0.2) is 18.9 Å². The van der Waals surface area contributed by atoms with Crippen LogP contribution in [0.25, 0.3) is 5.70 Å². The first-order valence-electron chi connectivity index (χ1n) is 5.08. The van der Waals surface area contributed by atoms with Gasteiger partial charge in [-0.2, -0.15) is 10.2 Å². The van der Waals surface area contributed by atoms with Gasteiger partial charge in [-0.25, -0.2) is 0 Å². The number of phenolic OH excluding ortho intramolecular Hbond substituents is 1. The lowest BCUT2D eigenvalue weighted by atomic mass is 9.92. The Balaban J connectivity index is 2.35. The van der Waals surface area contributed by atoms with Crippen LogP contribution in [0.5, 0.6) is 5.75 Å². The second-order valence-corrected chi connectivity index (χ2v) is 3.91. The second kappa shape index (κ2) is 3.89. The Morgan fingerprint density at radius 1 is 1.47 bits per heavy atom. The zero-order valence-electron chi connectivity index (χ0n) is 8.94. The third kappa shape index (κ3) is 2.09. The van der Waals surface area contributed by atoms with E-state index in [-0.39, 0.29) is 11.7 Å². The smallest absolute Gasteiger partial charge is 0.136 e. The maximum atomic E-state index is 9.77. The summed E-state index contributed by atoms with van der Waals surface area (Å²) in [5, 5.41) is 18.0. The van der Waals surface area contributed by atoms with Crippen LogP contribution in [0.1, 0.15) is 17.5 Å². The Bertz CT molecular complexity index is 440. The van der Waals surface area contributed by atoms with Gasteiger partial charge in [-0.15, -0.1) is 0 Å². The Hall–Kier alpha value is -1.58. The van der Waals surface area contributed by atoms with E-state index in [1.165, 1.54) is 0 Å². The van der Waals surface area contributed by atoms with Crippen molar-refractivity contribution in [2.24, 2.45) is 10.2 Å². The summed E-state index contributed by atoms with van der Waals surface area (Å²) in [5.41, 5.74) is 2.57. The van der Waals surface area contributed by atoms with Gasteiger partial charge in [0.1, 0.15) is 13.6 Å². The molecule has 1 aromatic rings. The second-order valence-electron chi connectivity index (χ2n) is 3.91. The Morgan fingerprint density at radius 3 is 2.87 bits per heavy atom. The molecule has 0 aromatic heterocycles. The van der Waals surface area contributed by atoms with Crippen LogP contribution in [0, 0.1) is 6.92 Å². The Labute approximate surface area is 90.0 Å². The summed E-state index contributed by atoms with van der Waals surface area (Å²) in [6, 6.07) is 5.58. The van der Waals surface area contributed by atoms with Crippen LogP contribution >= 0.6 is 0 Å². The molecule has 1 aromatic carbocycles. The molecule has 1 N–H and O–H groups in total. The first-order valence-corrected chi connectivity index (χ1v) is 5.08. The van der Waals surface area contributed by atoms with Crippen LogP contribution in [0.3, 0.4) is 0 Å². The first-order chi connectivity index (χ1) is 7.16. The zero-order chi connectivity index (χ0) is 10.8. The van der Waals surface area contributed by atoms with E-state index < -0.39 is 0 Å². The molecule has 0 bridgehead atoms. The van der Waals surface area contributed by atoms with Gasteiger partial charge >= 0.3 is 0 Å². The number of azo groups is 1. The molecule has 0 saturated heterocycles. The average molecular weight is 200 g/mol. The van der Waals surface area contributed by atoms with Crippen LogP contribution in [-0.2, 0) is 0 Å². The summed E-state index contributed by atoms with van der Waals surface area (Å²) >= 11 is 0. The molecule has 0 amide bonds. The lowest BCUT2D eigenvalue weighted by molar-refractivity contribution is 0.473. The molecule has 4 heteroatoms. The molecule has 0 fully saturated rings. The largest absolute Gasteiger partial charge is 0.507 e. The highest BCUT2D eigenvalue weighted by molar-refractivity contribution is 6.12. The summed E-state index contributed by atoms with van der Waals surface area (Å²) in [4.78, 5) is 0. The van der Waals surface area contributed by atoms with Gasteiger partial charge in [0.25, 0.3) is 0 Å². The molecular formula is C11H13BN2O. The van der Waals surface area contributed by atoms with E-state index >= 15 is 0 Å². The molecular weight excluding hydrogens is 187 g/mol. The van der Waals surface area contributed by atoms with E-state index in [1.54, 1.807) is 6.07 Å². The Morgan fingerprint density at radius 2 is 2.27 bits per heavy atom. The van der Waals surface area contributed by atoms with Crippen molar-refractivity contribution >= 4 is 13.5 Å². The van der Waals surface area contributed by atoms with Gasteiger partial charge in [0.2, 0.25) is 0 Å². The fourth-order valence-corrected chi connectivity index (χ4v) is 1.55. The summed E-state index contributed by atoms with van der Waals surface area (Å²) in [5.74, 6) is 0.524. The standard InChI is InChI=1S/C11H13BN2O/c1-7-2-3-8(10(15)6-7)9-4-5-11(12)14-13-9/h2-4,6,11,15H,5,12H2,1H3. The molecule has 0 aliphatic carbocycles. The quantitative estimate of drug-likeness (QED) is 0.690. The van der Waals surface area contributed by atoms with E-state index in [4.69, 9.17) is 0 Å². The minimum atomic E-state index is 0.251. The molecule has 2 rings (SSSR count). The molecule has 1 aliphatic heterocycles. The van der Waals surface area contributed by atoms with Gasteiger partial charge in [0.15, 0.2) is 0 Å². The molecule has 1 atom stereocenters. The zero-order valence-corrected chi connectivity index (χ0v) is 8.94. The number of hydrogen-bond acceptors (Lipinski definition) is 3. The lowest BCUT2D eigenvalue weighted by Crippen LogP contribution is -2.04. The van der Waals surface area contributed by atoms with Crippen LogP contribution < -0.4 is 0 Å². The minimum Gasteiger partial charge on any atom is -0.507 e. The van der Waals surface area contributed by atoms with Gasteiger partial charge in [-0.3, -0.25) is 0 Å². The SMILES string of the molecule is BC1CC=C(c2ccc(C)cc2O)N=N1. The summed E-state index contributed by atoms with van der Waals surface area (Å²) < 4.78 is 0. The highest BCUT2D eigenvalue weighted by Gasteiger charge is 2.11. The number of nitrogens with zero attached hydrogens (tertiary/aromatic N) is 2. The van der Waals surface area contributed by atoms with E-state index in [0.29, 0.717) is 0 Å². The molecule has 1 unspecified atom stereocenters. The predicted octanol–water partition coefficient (Wildman–Crippen LogP) is 1.86.